The Hall–Kier alpha value is -0.0800. The van der Waals surface area contributed by atoms with Crippen molar-refractivity contribution >= 4 is 0 Å². The maximum atomic E-state index is 9.82. The Bertz CT molecular complexity index is 171. The smallest absolute Gasteiger partial charge is 0.0576 e. The molecule has 0 aromatic rings. The molecule has 1 heterocycles. The van der Waals surface area contributed by atoms with E-state index < -0.39 is 0 Å². The molecule has 1 saturated carbocycles. The number of aliphatic hydroxyl groups excluding tert-OH is 1. The number of rotatable bonds is 6. The topological polar surface area (TPSA) is 29.5 Å². The lowest BCUT2D eigenvalue weighted by Gasteiger charge is -2.27. The van der Waals surface area contributed by atoms with Crippen LogP contribution >= 0.6 is 0 Å². The summed E-state index contributed by atoms with van der Waals surface area (Å²) in [5.41, 5.74) is 0. The molecular weight excluding hydrogens is 188 g/mol. The highest BCUT2D eigenvalue weighted by molar-refractivity contribution is 4.73. The minimum absolute atomic E-state index is 0.0447. The van der Waals surface area contributed by atoms with E-state index in [2.05, 4.69) is 0 Å². The van der Waals surface area contributed by atoms with Crippen LogP contribution in [0.5, 0.6) is 0 Å². The molecule has 1 aliphatic heterocycles. The second-order valence-corrected chi connectivity index (χ2v) is 5.25. The van der Waals surface area contributed by atoms with Gasteiger partial charge >= 0.3 is 0 Å². The van der Waals surface area contributed by atoms with E-state index in [0.717, 1.165) is 38.2 Å². The van der Waals surface area contributed by atoms with Crippen LogP contribution in [0.2, 0.25) is 0 Å². The SMILES string of the molecule is OC(CCCC1CCCO1)CC1CCC1. The Balaban J connectivity index is 1.48. The van der Waals surface area contributed by atoms with Crippen molar-refractivity contribution in [2.24, 2.45) is 5.92 Å². The summed E-state index contributed by atoms with van der Waals surface area (Å²) < 4.78 is 5.57. The largest absolute Gasteiger partial charge is 0.393 e. The molecule has 2 heteroatoms. The average molecular weight is 212 g/mol. The first-order valence-corrected chi connectivity index (χ1v) is 6.64. The first-order valence-electron chi connectivity index (χ1n) is 6.64. The Morgan fingerprint density at radius 1 is 1.20 bits per heavy atom. The van der Waals surface area contributed by atoms with Crippen molar-refractivity contribution in [2.45, 2.75) is 70.0 Å². The Morgan fingerprint density at radius 3 is 2.67 bits per heavy atom. The first-order chi connectivity index (χ1) is 7.34. The standard InChI is InChI=1S/C13H24O2/c14-12(10-11-4-1-5-11)6-2-7-13-8-3-9-15-13/h11-14H,1-10H2. The van der Waals surface area contributed by atoms with Crippen LogP contribution in [-0.4, -0.2) is 23.9 Å². The molecule has 1 aliphatic carbocycles. The van der Waals surface area contributed by atoms with E-state index in [1.807, 2.05) is 0 Å². The van der Waals surface area contributed by atoms with Gasteiger partial charge in [0, 0.05) is 6.61 Å². The van der Waals surface area contributed by atoms with Gasteiger partial charge in [-0.25, -0.2) is 0 Å². The lowest BCUT2D eigenvalue weighted by molar-refractivity contribution is 0.0837. The van der Waals surface area contributed by atoms with Crippen LogP contribution in [0.15, 0.2) is 0 Å². The second kappa shape index (κ2) is 5.86. The van der Waals surface area contributed by atoms with Gasteiger partial charge in [-0.2, -0.15) is 0 Å². The third-order valence-electron chi connectivity index (χ3n) is 3.92. The van der Waals surface area contributed by atoms with Gasteiger partial charge in [0.05, 0.1) is 12.2 Å². The summed E-state index contributed by atoms with van der Waals surface area (Å²) in [6.07, 6.45) is 11.3. The van der Waals surface area contributed by atoms with E-state index in [-0.39, 0.29) is 6.10 Å². The van der Waals surface area contributed by atoms with Crippen molar-refractivity contribution < 1.29 is 9.84 Å². The summed E-state index contributed by atoms with van der Waals surface area (Å²) in [5.74, 6) is 0.836. The van der Waals surface area contributed by atoms with E-state index in [1.54, 1.807) is 0 Å². The molecule has 2 fully saturated rings. The van der Waals surface area contributed by atoms with Crippen molar-refractivity contribution in [3.63, 3.8) is 0 Å². The van der Waals surface area contributed by atoms with Crippen LogP contribution in [0.3, 0.4) is 0 Å². The average Bonchev–Trinajstić information content (AvgIpc) is 2.64. The molecular formula is C13H24O2. The molecule has 2 aliphatic rings. The maximum Gasteiger partial charge on any atom is 0.0576 e. The Morgan fingerprint density at radius 2 is 2.07 bits per heavy atom. The van der Waals surface area contributed by atoms with E-state index in [0.29, 0.717) is 6.10 Å². The summed E-state index contributed by atoms with van der Waals surface area (Å²) in [5, 5.41) is 9.82. The van der Waals surface area contributed by atoms with E-state index in [4.69, 9.17) is 4.74 Å². The molecule has 1 N–H and O–H groups in total. The van der Waals surface area contributed by atoms with Crippen molar-refractivity contribution in [1.29, 1.82) is 0 Å². The highest BCUT2D eigenvalue weighted by Gasteiger charge is 2.21. The molecule has 0 bridgehead atoms. The molecule has 0 radical (unpaired) electrons. The van der Waals surface area contributed by atoms with E-state index in [1.165, 1.54) is 32.1 Å². The molecule has 88 valence electrons. The third-order valence-corrected chi connectivity index (χ3v) is 3.92. The van der Waals surface area contributed by atoms with Gasteiger partial charge in [0.1, 0.15) is 0 Å². The van der Waals surface area contributed by atoms with Crippen LogP contribution in [-0.2, 0) is 4.74 Å². The summed E-state index contributed by atoms with van der Waals surface area (Å²) in [6, 6.07) is 0. The van der Waals surface area contributed by atoms with Crippen LogP contribution < -0.4 is 0 Å². The lowest BCUT2D eigenvalue weighted by atomic mass is 9.81. The van der Waals surface area contributed by atoms with Gasteiger partial charge < -0.3 is 9.84 Å². The lowest BCUT2D eigenvalue weighted by Crippen LogP contribution is -2.19. The molecule has 0 amide bonds. The van der Waals surface area contributed by atoms with Crippen molar-refractivity contribution in [2.75, 3.05) is 6.61 Å². The predicted octanol–water partition coefficient (Wildman–Crippen LogP) is 2.89. The fourth-order valence-electron chi connectivity index (χ4n) is 2.68. The zero-order valence-electron chi connectivity index (χ0n) is 9.66. The van der Waals surface area contributed by atoms with Gasteiger partial charge in [-0.3, -0.25) is 0 Å². The normalized spacial score (nSPS) is 29.0. The van der Waals surface area contributed by atoms with Crippen molar-refractivity contribution in [1.82, 2.24) is 0 Å². The zero-order valence-corrected chi connectivity index (χ0v) is 9.66. The molecule has 2 nitrogen and oxygen atoms in total. The monoisotopic (exact) mass is 212 g/mol. The van der Waals surface area contributed by atoms with Gasteiger partial charge in [-0.05, 0) is 44.4 Å². The highest BCUT2D eigenvalue weighted by atomic mass is 16.5. The van der Waals surface area contributed by atoms with Crippen LogP contribution in [0, 0.1) is 5.92 Å². The summed E-state index contributed by atoms with van der Waals surface area (Å²) in [4.78, 5) is 0. The summed E-state index contributed by atoms with van der Waals surface area (Å²) in [7, 11) is 0. The summed E-state index contributed by atoms with van der Waals surface area (Å²) >= 11 is 0. The van der Waals surface area contributed by atoms with Gasteiger partial charge in [0.15, 0.2) is 0 Å². The van der Waals surface area contributed by atoms with E-state index >= 15 is 0 Å². The fourth-order valence-corrected chi connectivity index (χ4v) is 2.68. The number of ether oxygens (including phenoxy) is 1. The molecule has 2 rings (SSSR count). The molecule has 0 aromatic carbocycles. The number of hydrogen-bond acceptors (Lipinski definition) is 2. The fraction of sp³-hybridized carbons (Fsp3) is 1.00. The predicted molar refractivity (Wildman–Crippen MR) is 60.8 cm³/mol. The van der Waals surface area contributed by atoms with Gasteiger partial charge in [0.25, 0.3) is 0 Å². The minimum atomic E-state index is -0.0447. The minimum Gasteiger partial charge on any atom is -0.393 e. The number of hydrogen-bond donors (Lipinski definition) is 1. The van der Waals surface area contributed by atoms with Crippen molar-refractivity contribution in [3.05, 3.63) is 0 Å². The van der Waals surface area contributed by atoms with Gasteiger partial charge in [-0.1, -0.05) is 19.3 Å². The first kappa shape index (κ1) is 11.4. The molecule has 15 heavy (non-hydrogen) atoms. The maximum absolute atomic E-state index is 9.82. The quantitative estimate of drug-likeness (QED) is 0.733. The summed E-state index contributed by atoms with van der Waals surface area (Å²) in [6.45, 7) is 0.954. The Labute approximate surface area is 93.0 Å². The highest BCUT2D eigenvalue weighted by Crippen LogP contribution is 2.31. The van der Waals surface area contributed by atoms with Gasteiger partial charge in [0.2, 0.25) is 0 Å². The molecule has 2 atom stereocenters. The van der Waals surface area contributed by atoms with Crippen LogP contribution in [0.1, 0.15) is 57.8 Å². The third kappa shape index (κ3) is 3.76. The zero-order chi connectivity index (χ0) is 10.5. The van der Waals surface area contributed by atoms with Crippen LogP contribution in [0.4, 0.5) is 0 Å². The van der Waals surface area contributed by atoms with Crippen molar-refractivity contribution in [3.8, 4) is 0 Å². The molecule has 0 spiro atoms. The second-order valence-electron chi connectivity index (χ2n) is 5.25. The molecule has 2 unspecified atom stereocenters. The van der Waals surface area contributed by atoms with E-state index in [9.17, 15) is 5.11 Å². The van der Waals surface area contributed by atoms with Gasteiger partial charge in [-0.15, -0.1) is 0 Å². The number of aliphatic hydroxyl groups is 1. The molecule has 0 aromatic heterocycles. The van der Waals surface area contributed by atoms with Crippen LogP contribution in [0.25, 0.3) is 0 Å². The molecule has 1 saturated heterocycles. The Kier molecular flexibility index (Phi) is 4.45.